The number of rotatable bonds is 7. The van der Waals surface area contributed by atoms with Crippen molar-refractivity contribution < 1.29 is 9.53 Å². The minimum absolute atomic E-state index is 0.0643. The van der Waals surface area contributed by atoms with Crippen LogP contribution < -0.4 is 15.2 Å². The quantitative estimate of drug-likeness (QED) is 0.252. The molecular weight excluding hydrogens is 460 g/mol. The summed E-state index contributed by atoms with van der Waals surface area (Å²) in [6.45, 7) is 1.98. The Morgan fingerprint density at radius 1 is 0.946 bits per heavy atom. The molecule has 1 amide bonds. The number of hydrogen-bond donors (Lipinski definition) is 1. The Bertz CT molecular complexity index is 1410. The molecule has 184 valence electrons. The first kappa shape index (κ1) is 24.0. The molecule has 1 unspecified atom stereocenters. The molecule has 0 aliphatic carbocycles. The van der Waals surface area contributed by atoms with Crippen LogP contribution in [0.3, 0.4) is 0 Å². The van der Waals surface area contributed by atoms with Crippen molar-refractivity contribution in [2.24, 2.45) is 10.2 Å². The molecule has 0 fully saturated rings. The lowest BCUT2D eigenvalue weighted by Gasteiger charge is -2.24. The molecule has 4 aromatic rings. The second-order valence-corrected chi connectivity index (χ2v) is 8.91. The molecule has 0 radical (unpaired) electrons. The third-order valence-corrected chi connectivity index (χ3v) is 6.37. The Hall–Kier alpha value is -4.71. The molecule has 0 aromatic heterocycles. The van der Waals surface area contributed by atoms with E-state index in [2.05, 4.69) is 39.8 Å². The molecule has 1 aliphatic rings. The normalized spacial score (nSPS) is 15.0. The van der Waals surface area contributed by atoms with Gasteiger partial charge in [0.15, 0.2) is 0 Å². The van der Waals surface area contributed by atoms with E-state index < -0.39 is 0 Å². The zero-order valence-corrected chi connectivity index (χ0v) is 20.8. The number of anilines is 1. The lowest BCUT2D eigenvalue weighted by atomic mass is 9.98. The van der Waals surface area contributed by atoms with E-state index >= 15 is 0 Å². The Kier molecular flexibility index (Phi) is 7.08. The molecule has 0 saturated heterocycles. The lowest BCUT2D eigenvalue weighted by molar-refractivity contribution is 0.0955. The fourth-order valence-corrected chi connectivity index (χ4v) is 4.29. The first-order valence-electron chi connectivity index (χ1n) is 12.2. The summed E-state index contributed by atoms with van der Waals surface area (Å²) < 4.78 is 5.34. The van der Waals surface area contributed by atoms with E-state index in [0.717, 1.165) is 40.3 Å². The smallest absolute Gasteiger partial charge is 0.271 e. The van der Waals surface area contributed by atoms with Crippen molar-refractivity contribution >= 4 is 23.5 Å². The van der Waals surface area contributed by atoms with Gasteiger partial charge in [-0.3, -0.25) is 9.80 Å². The van der Waals surface area contributed by atoms with E-state index in [9.17, 15) is 4.79 Å². The standard InChI is InChI=1S/C31H28N4O2/c1-22-8-12-26(13-9-22)31(36)33-32-21-23-10-16-27(17-11-23)35-30(25-14-18-28(37-2)19-15-25)20-29(34-35)24-6-4-3-5-7-24/h3-19,21,30H,20H2,1-2H3,(H,33,36). The monoisotopic (exact) mass is 488 g/mol. The van der Waals surface area contributed by atoms with E-state index in [0.29, 0.717) is 5.56 Å². The van der Waals surface area contributed by atoms with Crippen molar-refractivity contribution in [3.05, 3.63) is 131 Å². The highest BCUT2D eigenvalue weighted by atomic mass is 16.5. The minimum atomic E-state index is -0.241. The van der Waals surface area contributed by atoms with Gasteiger partial charge in [-0.25, -0.2) is 5.43 Å². The fourth-order valence-electron chi connectivity index (χ4n) is 4.29. The van der Waals surface area contributed by atoms with E-state index in [1.807, 2.05) is 73.7 Å². The van der Waals surface area contributed by atoms with E-state index in [-0.39, 0.29) is 11.9 Å². The highest BCUT2D eigenvalue weighted by molar-refractivity contribution is 6.03. The van der Waals surface area contributed by atoms with Gasteiger partial charge in [0.25, 0.3) is 5.91 Å². The predicted molar refractivity (Wildman–Crippen MR) is 148 cm³/mol. The molecule has 1 N–H and O–H groups in total. The van der Waals surface area contributed by atoms with Crippen molar-refractivity contribution in [1.82, 2.24) is 5.43 Å². The summed E-state index contributed by atoms with van der Waals surface area (Å²) in [6.07, 6.45) is 2.43. The number of carbonyl (C=O) groups is 1. The van der Waals surface area contributed by atoms with E-state index in [1.165, 1.54) is 5.56 Å². The van der Waals surface area contributed by atoms with Gasteiger partial charge in [-0.2, -0.15) is 10.2 Å². The average molecular weight is 489 g/mol. The van der Waals surface area contributed by atoms with Gasteiger partial charge in [-0.05, 0) is 60.0 Å². The maximum absolute atomic E-state index is 12.3. The van der Waals surface area contributed by atoms with Gasteiger partial charge in [-0.1, -0.05) is 72.3 Å². The second-order valence-electron chi connectivity index (χ2n) is 8.91. The summed E-state index contributed by atoms with van der Waals surface area (Å²) in [5, 5.41) is 11.2. The molecule has 1 heterocycles. The highest BCUT2D eigenvalue weighted by Crippen LogP contribution is 2.37. The number of amides is 1. The summed E-state index contributed by atoms with van der Waals surface area (Å²) >= 11 is 0. The molecule has 0 spiro atoms. The maximum atomic E-state index is 12.3. The van der Waals surface area contributed by atoms with Crippen LogP contribution in [0.15, 0.2) is 113 Å². The molecule has 6 nitrogen and oxygen atoms in total. The molecule has 1 aliphatic heterocycles. The van der Waals surface area contributed by atoms with Gasteiger partial charge in [0, 0.05) is 12.0 Å². The topological polar surface area (TPSA) is 66.3 Å². The van der Waals surface area contributed by atoms with E-state index in [1.54, 1.807) is 25.5 Å². The number of aryl methyl sites for hydroxylation is 1. The van der Waals surface area contributed by atoms with Gasteiger partial charge in [0.1, 0.15) is 5.75 Å². The van der Waals surface area contributed by atoms with Gasteiger partial charge >= 0.3 is 0 Å². The third-order valence-electron chi connectivity index (χ3n) is 6.37. The molecule has 0 bridgehead atoms. The van der Waals surface area contributed by atoms with Crippen LogP contribution in [0.2, 0.25) is 0 Å². The van der Waals surface area contributed by atoms with Crippen molar-refractivity contribution in [3.63, 3.8) is 0 Å². The van der Waals surface area contributed by atoms with Crippen molar-refractivity contribution in [2.75, 3.05) is 12.1 Å². The van der Waals surface area contributed by atoms with E-state index in [4.69, 9.17) is 9.84 Å². The van der Waals surface area contributed by atoms with Crippen LogP contribution in [0.5, 0.6) is 5.75 Å². The number of carbonyl (C=O) groups excluding carboxylic acids is 1. The number of hydrogen-bond acceptors (Lipinski definition) is 5. The summed E-state index contributed by atoms with van der Waals surface area (Å²) in [4.78, 5) is 12.3. The molecule has 4 aromatic carbocycles. The third kappa shape index (κ3) is 5.59. The van der Waals surface area contributed by atoms with Gasteiger partial charge in [0.05, 0.1) is 30.8 Å². The van der Waals surface area contributed by atoms with Crippen LogP contribution in [-0.2, 0) is 0 Å². The predicted octanol–water partition coefficient (Wildman–Crippen LogP) is 6.12. The lowest BCUT2D eigenvalue weighted by Crippen LogP contribution is -2.18. The Balaban J connectivity index is 1.34. The van der Waals surface area contributed by atoms with Gasteiger partial charge in [-0.15, -0.1) is 0 Å². The van der Waals surface area contributed by atoms with Crippen molar-refractivity contribution in [1.29, 1.82) is 0 Å². The number of benzene rings is 4. The van der Waals surface area contributed by atoms with Crippen LogP contribution >= 0.6 is 0 Å². The Morgan fingerprint density at radius 3 is 2.32 bits per heavy atom. The zero-order chi connectivity index (χ0) is 25.6. The molecular formula is C31H28N4O2. The maximum Gasteiger partial charge on any atom is 0.271 e. The van der Waals surface area contributed by atoms with Crippen LogP contribution in [0.1, 0.15) is 45.1 Å². The minimum Gasteiger partial charge on any atom is -0.497 e. The van der Waals surface area contributed by atoms with Crippen LogP contribution in [-0.4, -0.2) is 24.9 Å². The Labute approximate surface area is 216 Å². The van der Waals surface area contributed by atoms with Crippen LogP contribution in [0.4, 0.5) is 5.69 Å². The largest absolute Gasteiger partial charge is 0.497 e. The second kappa shape index (κ2) is 10.9. The van der Waals surface area contributed by atoms with Gasteiger partial charge < -0.3 is 4.74 Å². The Morgan fingerprint density at radius 2 is 1.65 bits per heavy atom. The van der Waals surface area contributed by atoms with Gasteiger partial charge in [0.2, 0.25) is 0 Å². The summed E-state index contributed by atoms with van der Waals surface area (Å²) in [5.41, 5.74) is 9.45. The van der Waals surface area contributed by atoms with Crippen LogP contribution in [0.25, 0.3) is 0 Å². The number of hydrazone groups is 2. The number of methoxy groups -OCH3 is 1. The molecule has 37 heavy (non-hydrogen) atoms. The number of nitrogens with zero attached hydrogens (tertiary/aromatic N) is 3. The first-order valence-corrected chi connectivity index (χ1v) is 12.2. The first-order chi connectivity index (χ1) is 18.1. The van der Waals surface area contributed by atoms with Crippen LogP contribution in [0, 0.1) is 6.92 Å². The number of ether oxygens (including phenoxy) is 1. The zero-order valence-electron chi connectivity index (χ0n) is 20.8. The fraction of sp³-hybridized carbons (Fsp3) is 0.129. The average Bonchev–Trinajstić information content (AvgIpc) is 3.40. The van der Waals surface area contributed by atoms with Crippen molar-refractivity contribution in [2.45, 2.75) is 19.4 Å². The molecule has 5 rings (SSSR count). The molecule has 0 saturated carbocycles. The van der Waals surface area contributed by atoms with Crippen molar-refractivity contribution in [3.8, 4) is 5.75 Å². The molecule has 6 heteroatoms. The SMILES string of the molecule is COc1ccc(C2CC(c3ccccc3)=NN2c2ccc(C=NNC(=O)c3ccc(C)cc3)cc2)cc1. The summed E-state index contributed by atoms with van der Waals surface area (Å²) in [6, 6.07) is 33.9. The number of nitrogens with one attached hydrogen (secondary N) is 1. The molecule has 1 atom stereocenters. The summed E-state index contributed by atoms with van der Waals surface area (Å²) in [7, 11) is 1.67. The summed E-state index contributed by atoms with van der Waals surface area (Å²) in [5.74, 6) is 0.589. The highest BCUT2D eigenvalue weighted by Gasteiger charge is 2.29.